The Bertz CT molecular complexity index is 1100. The van der Waals surface area contributed by atoms with Crippen molar-refractivity contribution >= 4 is 39.1 Å². The SMILES string of the molecule is CCCNC(=O)[C@@H](CC)N(Cc1ccc(Cl)cc1)C(=O)CN(c1cccc(C)c1C)S(C)(=O)=O. The van der Waals surface area contributed by atoms with Crippen LogP contribution in [-0.2, 0) is 26.2 Å². The molecule has 0 unspecified atom stereocenters. The molecule has 0 fully saturated rings. The van der Waals surface area contributed by atoms with E-state index in [1.807, 2.05) is 33.8 Å². The predicted molar refractivity (Wildman–Crippen MR) is 137 cm³/mol. The zero-order valence-corrected chi connectivity index (χ0v) is 22.0. The van der Waals surface area contributed by atoms with Crippen LogP contribution in [0.15, 0.2) is 42.5 Å². The highest BCUT2D eigenvalue weighted by Crippen LogP contribution is 2.25. The van der Waals surface area contributed by atoms with Gasteiger partial charge in [0.05, 0.1) is 11.9 Å². The molecule has 1 N–H and O–H groups in total. The molecule has 2 rings (SSSR count). The maximum absolute atomic E-state index is 13.6. The van der Waals surface area contributed by atoms with E-state index in [0.29, 0.717) is 23.7 Å². The quantitative estimate of drug-likeness (QED) is 0.497. The minimum absolute atomic E-state index is 0.151. The lowest BCUT2D eigenvalue weighted by molar-refractivity contribution is -0.140. The van der Waals surface area contributed by atoms with E-state index in [0.717, 1.165) is 33.7 Å². The van der Waals surface area contributed by atoms with Gasteiger partial charge in [0.15, 0.2) is 0 Å². The van der Waals surface area contributed by atoms with Crippen LogP contribution >= 0.6 is 11.6 Å². The first-order chi connectivity index (χ1) is 16.0. The maximum Gasteiger partial charge on any atom is 0.244 e. The lowest BCUT2D eigenvalue weighted by Crippen LogP contribution is -2.52. The highest BCUT2D eigenvalue weighted by molar-refractivity contribution is 7.92. The van der Waals surface area contributed by atoms with Crippen molar-refractivity contribution in [2.24, 2.45) is 0 Å². The molecule has 186 valence electrons. The van der Waals surface area contributed by atoms with Gasteiger partial charge in [-0.1, -0.05) is 49.7 Å². The van der Waals surface area contributed by atoms with Crippen LogP contribution in [0.4, 0.5) is 5.69 Å². The molecule has 0 aliphatic heterocycles. The zero-order valence-electron chi connectivity index (χ0n) is 20.5. The topological polar surface area (TPSA) is 86.8 Å². The number of anilines is 1. The van der Waals surface area contributed by atoms with Crippen LogP contribution in [-0.4, -0.2) is 50.5 Å². The van der Waals surface area contributed by atoms with Gasteiger partial charge in [-0.25, -0.2) is 8.42 Å². The van der Waals surface area contributed by atoms with Crippen LogP contribution in [0.2, 0.25) is 5.02 Å². The van der Waals surface area contributed by atoms with Crippen LogP contribution in [0.5, 0.6) is 0 Å². The first kappa shape index (κ1) is 27.7. The number of nitrogens with zero attached hydrogens (tertiary/aromatic N) is 2. The lowest BCUT2D eigenvalue weighted by atomic mass is 10.1. The Kier molecular flexibility index (Phi) is 9.94. The molecule has 0 radical (unpaired) electrons. The van der Waals surface area contributed by atoms with Crippen molar-refractivity contribution in [3.63, 3.8) is 0 Å². The average molecular weight is 508 g/mol. The molecular weight excluding hydrogens is 474 g/mol. The van der Waals surface area contributed by atoms with Crippen molar-refractivity contribution in [2.45, 2.75) is 53.1 Å². The number of sulfonamides is 1. The summed E-state index contributed by atoms with van der Waals surface area (Å²) in [7, 11) is -3.76. The second kappa shape index (κ2) is 12.2. The number of nitrogens with one attached hydrogen (secondary N) is 1. The molecule has 0 aromatic heterocycles. The summed E-state index contributed by atoms with van der Waals surface area (Å²) in [5.41, 5.74) is 2.93. The van der Waals surface area contributed by atoms with Crippen LogP contribution in [0.3, 0.4) is 0 Å². The molecule has 0 aliphatic rings. The smallest absolute Gasteiger partial charge is 0.244 e. The number of halogens is 1. The number of amides is 2. The Hall–Kier alpha value is -2.58. The molecule has 0 heterocycles. The van der Waals surface area contributed by atoms with Crippen molar-refractivity contribution in [2.75, 3.05) is 23.7 Å². The van der Waals surface area contributed by atoms with Gasteiger partial charge in [-0.05, 0) is 61.6 Å². The van der Waals surface area contributed by atoms with E-state index in [2.05, 4.69) is 5.32 Å². The van der Waals surface area contributed by atoms with E-state index in [1.54, 1.807) is 36.4 Å². The lowest BCUT2D eigenvalue weighted by Gasteiger charge is -2.33. The fourth-order valence-corrected chi connectivity index (χ4v) is 4.70. The van der Waals surface area contributed by atoms with Crippen molar-refractivity contribution < 1.29 is 18.0 Å². The first-order valence-corrected chi connectivity index (χ1v) is 13.6. The van der Waals surface area contributed by atoms with Gasteiger partial charge in [0.25, 0.3) is 0 Å². The highest BCUT2D eigenvalue weighted by atomic mass is 35.5. The number of carbonyl (C=O) groups is 2. The standard InChI is InChI=1S/C25H34ClN3O4S/c1-6-15-27-25(31)22(7-2)28(16-20-11-13-21(26)14-12-20)24(30)17-29(34(5,32)33)23-10-8-9-18(3)19(23)4/h8-14,22H,6-7,15-17H2,1-5H3,(H,27,31)/t22-/m1/s1. The number of benzene rings is 2. The summed E-state index contributed by atoms with van der Waals surface area (Å²) in [4.78, 5) is 28.0. The molecule has 34 heavy (non-hydrogen) atoms. The summed E-state index contributed by atoms with van der Waals surface area (Å²) >= 11 is 6.00. The summed E-state index contributed by atoms with van der Waals surface area (Å²) in [6.45, 7) is 7.73. The van der Waals surface area contributed by atoms with Gasteiger partial charge in [0, 0.05) is 18.1 Å². The summed E-state index contributed by atoms with van der Waals surface area (Å²) in [5.74, 6) is -0.718. The third-order valence-electron chi connectivity index (χ3n) is 5.73. The third kappa shape index (κ3) is 7.21. The van der Waals surface area contributed by atoms with Gasteiger partial charge in [-0.3, -0.25) is 13.9 Å². The third-order valence-corrected chi connectivity index (χ3v) is 7.10. The van der Waals surface area contributed by atoms with Gasteiger partial charge >= 0.3 is 0 Å². The first-order valence-electron chi connectivity index (χ1n) is 11.3. The molecule has 0 spiro atoms. The van der Waals surface area contributed by atoms with Crippen molar-refractivity contribution in [1.29, 1.82) is 0 Å². The number of hydrogen-bond donors (Lipinski definition) is 1. The number of hydrogen-bond acceptors (Lipinski definition) is 4. The predicted octanol–water partition coefficient (Wildman–Crippen LogP) is 4.06. The summed E-state index contributed by atoms with van der Waals surface area (Å²) in [6, 6.07) is 11.6. The van der Waals surface area contributed by atoms with Crippen molar-refractivity contribution in [3.05, 3.63) is 64.2 Å². The summed E-state index contributed by atoms with van der Waals surface area (Å²) < 4.78 is 26.6. The molecule has 2 amide bonds. The Labute approximate surface area is 208 Å². The highest BCUT2D eigenvalue weighted by Gasteiger charge is 2.32. The van der Waals surface area contributed by atoms with E-state index in [-0.39, 0.29) is 12.5 Å². The second-order valence-corrected chi connectivity index (χ2v) is 10.7. The number of rotatable bonds is 11. The van der Waals surface area contributed by atoms with Gasteiger partial charge in [0.2, 0.25) is 21.8 Å². The molecule has 2 aromatic carbocycles. The largest absolute Gasteiger partial charge is 0.354 e. The average Bonchev–Trinajstić information content (AvgIpc) is 2.78. The molecule has 0 aliphatic carbocycles. The van der Waals surface area contributed by atoms with Gasteiger partial charge < -0.3 is 10.2 Å². The molecular formula is C25H34ClN3O4S. The molecule has 0 saturated carbocycles. The molecule has 0 bridgehead atoms. The van der Waals surface area contributed by atoms with Crippen LogP contribution in [0.25, 0.3) is 0 Å². The number of carbonyl (C=O) groups excluding carboxylic acids is 2. The normalized spacial score (nSPS) is 12.2. The summed E-state index contributed by atoms with van der Waals surface area (Å²) in [5, 5.41) is 3.42. The fraction of sp³-hybridized carbons (Fsp3) is 0.440. The Morgan fingerprint density at radius 3 is 2.26 bits per heavy atom. The van der Waals surface area contributed by atoms with Crippen molar-refractivity contribution in [3.8, 4) is 0 Å². The second-order valence-electron chi connectivity index (χ2n) is 8.35. The molecule has 2 aromatic rings. The molecule has 1 atom stereocenters. The monoisotopic (exact) mass is 507 g/mol. The molecule has 0 saturated heterocycles. The van der Waals surface area contributed by atoms with E-state index < -0.39 is 28.5 Å². The van der Waals surface area contributed by atoms with Gasteiger partial charge in [-0.15, -0.1) is 0 Å². The van der Waals surface area contributed by atoms with Gasteiger partial charge in [-0.2, -0.15) is 0 Å². The fourth-order valence-electron chi connectivity index (χ4n) is 3.67. The van der Waals surface area contributed by atoms with E-state index in [4.69, 9.17) is 11.6 Å². The molecule has 7 nitrogen and oxygen atoms in total. The zero-order chi connectivity index (χ0) is 25.5. The Morgan fingerprint density at radius 2 is 1.71 bits per heavy atom. The minimum Gasteiger partial charge on any atom is -0.354 e. The number of aryl methyl sites for hydroxylation is 1. The Balaban J connectivity index is 2.46. The van der Waals surface area contributed by atoms with Crippen LogP contribution < -0.4 is 9.62 Å². The van der Waals surface area contributed by atoms with Crippen molar-refractivity contribution in [1.82, 2.24) is 10.2 Å². The molecule has 9 heteroatoms. The minimum atomic E-state index is -3.76. The Morgan fingerprint density at radius 1 is 1.06 bits per heavy atom. The van der Waals surface area contributed by atoms with Crippen LogP contribution in [0, 0.1) is 13.8 Å². The summed E-state index contributed by atoms with van der Waals surface area (Å²) in [6.07, 6.45) is 2.23. The van der Waals surface area contributed by atoms with Gasteiger partial charge in [0.1, 0.15) is 12.6 Å². The maximum atomic E-state index is 13.6. The van der Waals surface area contributed by atoms with Crippen LogP contribution in [0.1, 0.15) is 43.4 Å². The van der Waals surface area contributed by atoms with E-state index in [9.17, 15) is 18.0 Å². The van der Waals surface area contributed by atoms with E-state index in [1.165, 1.54) is 4.90 Å². The van der Waals surface area contributed by atoms with E-state index >= 15 is 0 Å².